The van der Waals surface area contributed by atoms with Gasteiger partial charge in [0.25, 0.3) is 0 Å². The van der Waals surface area contributed by atoms with Gasteiger partial charge in [-0.15, -0.1) is 6.42 Å². The lowest BCUT2D eigenvalue weighted by Gasteiger charge is -2.12. The highest BCUT2D eigenvalue weighted by Gasteiger charge is 2.25. The predicted octanol–water partition coefficient (Wildman–Crippen LogP) is 3.50. The van der Waals surface area contributed by atoms with E-state index in [1.807, 2.05) is 0 Å². The van der Waals surface area contributed by atoms with Gasteiger partial charge in [0.15, 0.2) is 0 Å². The van der Waals surface area contributed by atoms with Gasteiger partial charge in [-0.3, -0.25) is 0 Å². The maximum Gasteiger partial charge on any atom is 0.390 e. The molecule has 1 aromatic carbocycles. The molecule has 0 aliphatic heterocycles. The molecule has 0 atom stereocenters. The molecular formula is C13H13BrF3NO. The van der Waals surface area contributed by atoms with E-state index in [9.17, 15) is 13.2 Å². The van der Waals surface area contributed by atoms with Crippen LogP contribution in [0.3, 0.4) is 0 Å². The van der Waals surface area contributed by atoms with E-state index < -0.39 is 12.6 Å². The highest BCUT2D eigenvalue weighted by molar-refractivity contribution is 9.10. The van der Waals surface area contributed by atoms with Crippen molar-refractivity contribution in [1.82, 2.24) is 5.32 Å². The van der Waals surface area contributed by atoms with E-state index >= 15 is 0 Å². The monoisotopic (exact) mass is 335 g/mol. The lowest BCUT2D eigenvalue weighted by molar-refractivity contribution is -0.133. The van der Waals surface area contributed by atoms with Crippen LogP contribution in [-0.4, -0.2) is 19.3 Å². The Morgan fingerprint density at radius 1 is 1.37 bits per heavy atom. The van der Waals surface area contributed by atoms with E-state index in [4.69, 9.17) is 11.2 Å². The fourth-order valence-corrected chi connectivity index (χ4v) is 1.81. The number of terminal acetylenes is 1. The van der Waals surface area contributed by atoms with Crippen molar-refractivity contribution in [1.29, 1.82) is 0 Å². The SMILES string of the molecule is C#CCOc1ccc(Br)cc1CNCCC(F)(F)F. The quantitative estimate of drug-likeness (QED) is 0.634. The molecule has 0 aromatic heterocycles. The molecule has 0 unspecified atom stereocenters. The number of hydrogen-bond donors (Lipinski definition) is 1. The Labute approximate surface area is 118 Å². The van der Waals surface area contributed by atoms with Crippen molar-refractivity contribution in [3.8, 4) is 18.1 Å². The normalized spacial score (nSPS) is 11.1. The molecular weight excluding hydrogens is 323 g/mol. The zero-order valence-electron chi connectivity index (χ0n) is 10.1. The Balaban J connectivity index is 2.56. The molecule has 19 heavy (non-hydrogen) atoms. The van der Waals surface area contributed by atoms with Crippen LogP contribution in [0.1, 0.15) is 12.0 Å². The van der Waals surface area contributed by atoms with Crippen LogP contribution >= 0.6 is 15.9 Å². The summed E-state index contributed by atoms with van der Waals surface area (Å²) in [5.74, 6) is 2.91. The summed E-state index contributed by atoms with van der Waals surface area (Å²) in [5.41, 5.74) is 0.756. The third-order valence-corrected chi connectivity index (χ3v) is 2.73. The van der Waals surface area contributed by atoms with E-state index in [2.05, 4.69) is 27.2 Å². The molecule has 0 aliphatic carbocycles. The minimum absolute atomic E-state index is 0.122. The van der Waals surface area contributed by atoms with E-state index in [1.54, 1.807) is 18.2 Å². The second-order valence-electron chi connectivity index (χ2n) is 3.79. The molecule has 0 saturated heterocycles. The highest BCUT2D eigenvalue weighted by atomic mass is 79.9. The summed E-state index contributed by atoms with van der Waals surface area (Å²) in [5, 5.41) is 2.73. The molecule has 104 valence electrons. The van der Waals surface area contributed by atoms with E-state index in [1.165, 1.54) is 0 Å². The number of hydrogen-bond acceptors (Lipinski definition) is 2. The third-order valence-electron chi connectivity index (χ3n) is 2.23. The maximum atomic E-state index is 12.0. The fourth-order valence-electron chi connectivity index (χ4n) is 1.40. The van der Waals surface area contributed by atoms with Gasteiger partial charge in [-0.2, -0.15) is 13.2 Å². The van der Waals surface area contributed by atoms with E-state index in [0.717, 1.165) is 10.0 Å². The molecule has 0 saturated carbocycles. The Kier molecular flexibility index (Phi) is 6.19. The summed E-state index contributed by atoms with van der Waals surface area (Å²) >= 11 is 3.30. The molecule has 1 rings (SSSR count). The minimum Gasteiger partial charge on any atom is -0.481 e. The van der Waals surface area contributed by atoms with Gasteiger partial charge >= 0.3 is 6.18 Å². The molecule has 0 amide bonds. The lowest BCUT2D eigenvalue weighted by atomic mass is 10.2. The van der Waals surface area contributed by atoms with Crippen molar-refractivity contribution < 1.29 is 17.9 Å². The van der Waals surface area contributed by atoms with Crippen LogP contribution < -0.4 is 10.1 Å². The summed E-state index contributed by atoms with van der Waals surface area (Å²) in [6.45, 7) is 0.275. The second kappa shape index (κ2) is 7.41. The highest BCUT2D eigenvalue weighted by Crippen LogP contribution is 2.23. The molecule has 0 heterocycles. The summed E-state index contributed by atoms with van der Waals surface area (Å²) in [7, 11) is 0. The Bertz CT molecular complexity index is 454. The number of nitrogens with one attached hydrogen (secondary N) is 1. The van der Waals surface area contributed by atoms with Crippen molar-refractivity contribution in [2.75, 3.05) is 13.2 Å². The van der Waals surface area contributed by atoms with Crippen LogP contribution in [0.15, 0.2) is 22.7 Å². The van der Waals surface area contributed by atoms with Crippen molar-refractivity contribution in [3.05, 3.63) is 28.2 Å². The molecule has 0 radical (unpaired) electrons. The van der Waals surface area contributed by atoms with Gasteiger partial charge in [0.2, 0.25) is 0 Å². The van der Waals surface area contributed by atoms with Crippen LogP contribution in [0.2, 0.25) is 0 Å². The van der Waals surface area contributed by atoms with Gasteiger partial charge < -0.3 is 10.1 Å². The molecule has 0 bridgehead atoms. The Morgan fingerprint density at radius 2 is 2.11 bits per heavy atom. The number of benzene rings is 1. The third kappa shape index (κ3) is 6.50. The largest absolute Gasteiger partial charge is 0.481 e. The molecule has 2 nitrogen and oxygen atoms in total. The van der Waals surface area contributed by atoms with Crippen molar-refractivity contribution in [3.63, 3.8) is 0 Å². The number of alkyl halides is 3. The van der Waals surface area contributed by atoms with E-state index in [-0.39, 0.29) is 19.7 Å². The first-order chi connectivity index (χ1) is 8.92. The van der Waals surface area contributed by atoms with Crippen LogP contribution in [0.5, 0.6) is 5.75 Å². The summed E-state index contributed by atoms with van der Waals surface area (Å²) in [6, 6.07) is 5.29. The van der Waals surface area contributed by atoms with E-state index in [0.29, 0.717) is 5.75 Å². The van der Waals surface area contributed by atoms with Crippen LogP contribution in [0, 0.1) is 12.3 Å². The Morgan fingerprint density at radius 3 is 2.74 bits per heavy atom. The molecule has 1 N–H and O–H groups in total. The topological polar surface area (TPSA) is 21.3 Å². The van der Waals surface area contributed by atoms with Crippen molar-refractivity contribution in [2.45, 2.75) is 19.1 Å². The zero-order valence-corrected chi connectivity index (χ0v) is 11.6. The van der Waals surface area contributed by atoms with Gasteiger partial charge in [-0.1, -0.05) is 21.9 Å². The van der Waals surface area contributed by atoms with Gasteiger partial charge in [-0.05, 0) is 18.2 Å². The van der Waals surface area contributed by atoms with Gasteiger partial charge in [0.1, 0.15) is 12.4 Å². The van der Waals surface area contributed by atoms with Gasteiger partial charge in [0.05, 0.1) is 6.42 Å². The maximum absolute atomic E-state index is 12.0. The minimum atomic E-state index is -4.15. The first-order valence-electron chi connectivity index (χ1n) is 5.54. The predicted molar refractivity (Wildman–Crippen MR) is 70.8 cm³/mol. The molecule has 6 heteroatoms. The molecule has 0 aliphatic rings. The van der Waals surface area contributed by atoms with Crippen LogP contribution in [-0.2, 0) is 6.54 Å². The average Bonchev–Trinajstić information content (AvgIpc) is 2.32. The zero-order chi connectivity index (χ0) is 14.3. The summed E-state index contributed by atoms with van der Waals surface area (Å²) in [6.07, 6.45) is 0.0956. The van der Waals surface area contributed by atoms with Gasteiger partial charge in [0, 0.05) is 23.1 Å². The Hall–Kier alpha value is -1.19. The second-order valence-corrected chi connectivity index (χ2v) is 4.70. The molecule has 0 spiro atoms. The standard InChI is InChI=1S/C13H13BrF3NO/c1-2-7-19-12-4-3-11(14)8-10(12)9-18-6-5-13(15,16)17/h1,3-4,8,18H,5-7,9H2. The fraction of sp³-hybridized carbons (Fsp3) is 0.385. The van der Waals surface area contributed by atoms with Crippen LogP contribution in [0.4, 0.5) is 13.2 Å². The van der Waals surface area contributed by atoms with Crippen molar-refractivity contribution >= 4 is 15.9 Å². The van der Waals surface area contributed by atoms with Gasteiger partial charge in [-0.25, -0.2) is 0 Å². The number of rotatable bonds is 6. The van der Waals surface area contributed by atoms with Crippen molar-refractivity contribution in [2.24, 2.45) is 0 Å². The number of halogens is 4. The number of ether oxygens (including phenoxy) is 1. The first kappa shape index (κ1) is 15.9. The first-order valence-corrected chi connectivity index (χ1v) is 6.34. The summed E-state index contributed by atoms with van der Waals surface area (Å²) < 4.78 is 42.1. The molecule has 1 aromatic rings. The van der Waals surface area contributed by atoms with Crippen LogP contribution in [0.25, 0.3) is 0 Å². The lowest BCUT2D eigenvalue weighted by Crippen LogP contribution is -2.21. The average molecular weight is 336 g/mol. The smallest absolute Gasteiger partial charge is 0.390 e. The molecule has 0 fully saturated rings. The summed E-state index contributed by atoms with van der Waals surface area (Å²) in [4.78, 5) is 0.